The molecule has 1 aliphatic rings. The van der Waals surface area contributed by atoms with Gasteiger partial charge < -0.3 is 15.4 Å². The van der Waals surface area contributed by atoms with Crippen molar-refractivity contribution in [2.75, 3.05) is 39.9 Å². The number of pyridine rings is 1. The summed E-state index contributed by atoms with van der Waals surface area (Å²) in [7, 11) is 1.62. The lowest BCUT2D eigenvalue weighted by Gasteiger charge is -2.35. The third-order valence-electron chi connectivity index (χ3n) is 3.75. The Labute approximate surface area is 125 Å². The van der Waals surface area contributed by atoms with Gasteiger partial charge in [0.25, 0.3) is 0 Å². The molecule has 1 saturated heterocycles. The molecule has 0 aliphatic carbocycles. The Hall–Kier alpha value is -1.50. The lowest BCUT2D eigenvalue weighted by atomic mass is 10.2. The van der Waals surface area contributed by atoms with Crippen LogP contribution in [0.4, 0.5) is 0 Å². The van der Waals surface area contributed by atoms with Gasteiger partial charge in [-0.25, -0.2) is 0 Å². The number of ether oxygens (including phenoxy) is 1. The highest BCUT2D eigenvalue weighted by Crippen LogP contribution is 2.08. The van der Waals surface area contributed by atoms with Crippen LogP contribution < -0.4 is 5.73 Å². The Bertz CT molecular complexity index is 433. The van der Waals surface area contributed by atoms with Crippen molar-refractivity contribution >= 4 is 5.91 Å². The first-order valence-corrected chi connectivity index (χ1v) is 7.36. The monoisotopic (exact) mass is 292 g/mol. The molecule has 2 rings (SSSR count). The van der Waals surface area contributed by atoms with Crippen LogP contribution in [-0.4, -0.2) is 66.6 Å². The maximum atomic E-state index is 12.2. The van der Waals surface area contributed by atoms with Gasteiger partial charge in [-0.1, -0.05) is 6.07 Å². The van der Waals surface area contributed by atoms with E-state index in [0.29, 0.717) is 13.0 Å². The van der Waals surface area contributed by atoms with Gasteiger partial charge in [0.2, 0.25) is 5.91 Å². The van der Waals surface area contributed by atoms with Gasteiger partial charge in [0.1, 0.15) is 0 Å². The van der Waals surface area contributed by atoms with Crippen LogP contribution in [0, 0.1) is 0 Å². The summed E-state index contributed by atoms with van der Waals surface area (Å²) < 4.78 is 4.97. The molecule has 1 unspecified atom stereocenters. The minimum Gasteiger partial charge on any atom is -0.385 e. The van der Waals surface area contributed by atoms with E-state index in [1.807, 2.05) is 29.3 Å². The van der Waals surface area contributed by atoms with E-state index in [9.17, 15) is 4.79 Å². The zero-order valence-corrected chi connectivity index (χ0v) is 12.6. The Morgan fingerprint density at radius 2 is 2.14 bits per heavy atom. The van der Waals surface area contributed by atoms with Crippen molar-refractivity contribution in [3.05, 3.63) is 30.1 Å². The maximum Gasteiger partial charge on any atom is 0.239 e. The van der Waals surface area contributed by atoms with Crippen molar-refractivity contribution in [3.63, 3.8) is 0 Å². The van der Waals surface area contributed by atoms with E-state index in [-0.39, 0.29) is 5.91 Å². The van der Waals surface area contributed by atoms with Crippen LogP contribution in [0.2, 0.25) is 0 Å². The Morgan fingerprint density at radius 3 is 2.76 bits per heavy atom. The number of piperazine rings is 1. The summed E-state index contributed by atoms with van der Waals surface area (Å²) in [4.78, 5) is 20.7. The molecule has 0 bridgehead atoms. The molecular weight excluding hydrogens is 268 g/mol. The van der Waals surface area contributed by atoms with Crippen LogP contribution in [0.3, 0.4) is 0 Å². The molecule has 1 fully saturated rings. The molecule has 0 spiro atoms. The second-order valence-electron chi connectivity index (χ2n) is 5.31. The minimum absolute atomic E-state index is 0.0320. The topological polar surface area (TPSA) is 71.7 Å². The van der Waals surface area contributed by atoms with Gasteiger partial charge in [-0.05, 0) is 18.6 Å². The highest BCUT2D eigenvalue weighted by molar-refractivity contribution is 5.81. The van der Waals surface area contributed by atoms with Gasteiger partial charge in [0.15, 0.2) is 0 Å². The third-order valence-corrected chi connectivity index (χ3v) is 3.75. The van der Waals surface area contributed by atoms with Gasteiger partial charge in [-0.2, -0.15) is 0 Å². The Morgan fingerprint density at radius 1 is 1.38 bits per heavy atom. The Kier molecular flexibility index (Phi) is 6.10. The molecule has 2 heterocycles. The van der Waals surface area contributed by atoms with Crippen molar-refractivity contribution < 1.29 is 9.53 Å². The lowest BCUT2D eigenvalue weighted by Crippen LogP contribution is -2.53. The molecule has 116 valence electrons. The van der Waals surface area contributed by atoms with Crippen molar-refractivity contribution in [1.29, 1.82) is 0 Å². The van der Waals surface area contributed by atoms with E-state index in [0.717, 1.165) is 38.4 Å². The highest BCUT2D eigenvalue weighted by Gasteiger charge is 2.25. The predicted molar refractivity (Wildman–Crippen MR) is 80.6 cm³/mol. The minimum atomic E-state index is -0.452. The summed E-state index contributed by atoms with van der Waals surface area (Å²) in [5.74, 6) is 0.0320. The molecule has 6 nitrogen and oxygen atoms in total. The van der Waals surface area contributed by atoms with Crippen LogP contribution in [-0.2, 0) is 16.1 Å². The number of carbonyl (C=O) groups is 1. The third kappa shape index (κ3) is 4.77. The van der Waals surface area contributed by atoms with Crippen LogP contribution >= 0.6 is 0 Å². The summed E-state index contributed by atoms with van der Waals surface area (Å²) in [5, 5.41) is 0. The average molecular weight is 292 g/mol. The summed E-state index contributed by atoms with van der Waals surface area (Å²) in [6.45, 7) is 4.53. The van der Waals surface area contributed by atoms with Gasteiger partial charge in [0, 0.05) is 52.6 Å². The molecule has 6 heteroatoms. The molecule has 1 aromatic heterocycles. The van der Waals surface area contributed by atoms with Gasteiger partial charge >= 0.3 is 0 Å². The molecule has 0 aromatic carbocycles. The van der Waals surface area contributed by atoms with Gasteiger partial charge in [-0.3, -0.25) is 14.7 Å². The number of aromatic nitrogens is 1. The second-order valence-corrected chi connectivity index (χ2v) is 5.31. The number of nitrogens with zero attached hydrogens (tertiary/aromatic N) is 3. The summed E-state index contributed by atoms with van der Waals surface area (Å²) in [5.41, 5.74) is 6.96. The molecule has 1 aliphatic heterocycles. The SMILES string of the molecule is COCCC(N)C(=O)N1CCN(Cc2ccccn2)CC1. The molecule has 0 radical (unpaired) electrons. The first kappa shape index (κ1) is 15.9. The molecule has 1 atom stereocenters. The molecule has 2 N–H and O–H groups in total. The van der Waals surface area contributed by atoms with E-state index in [1.54, 1.807) is 7.11 Å². The number of nitrogens with two attached hydrogens (primary N) is 1. The average Bonchev–Trinajstić information content (AvgIpc) is 2.53. The van der Waals surface area contributed by atoms with E-state index in [2.05, 4.69) is 9.88 Å². The molecule has 21 heavy (non-hydrogen) atoms. The van der Waals surface area contributed by atoms with Gasteiger partial charge in [-0.15, -0.1) is 0 Å². The summed E-state index contributed by atoms with van der Waals surface area (Å²) in [6.07, 6.45) is 2.38. The van der Waals surface area contributed by atoms with E-state index in [1.165, 1.54) is 0 Å². The number of hydrogen-bond acceptors (Lipinski definition) is 5. The zero-order valence-electron chi connectivity index (χ0n) is 12.6. The fourth-order valence-corrected chi connectivity index (χ4v) is 2.45. The van der Waals surface area contributed by atoms with Gasteiger partial charge in [0.05, 0.1) is 11.7 Å². The summed E-state index contributed by atoms with van der Waals surface area (Å²) >= 11 is 0. The first-order chi connectivity index (χ1) is 10.2. The molecule has 1 aromatic rings. The zero-order chi connectivity index (χ0) is 15.1. The lowest BCUT2D eigenvalue weighted by molar-refractivity contribution is -0.134. The number of carbonyl (C=O) groups excluding carboxylic acids is 1. The van der Waals surface area contributed by atoms with Crippen LogP contribution in [0.1, 0.15) is 12.1 Å². The fourth-order valence-electron chi connectivity index (χ4n) is 2.45. The predicted octanol–water partition coefficient (Wildman–Crippen LogP) is 0.0896. The quantitative estimate of drug-likeness (QED) is 0.804. The molecule has 1 amide bonds. The number of rotatable bonds is 6. The fraction of sp³-hybridized carbons (Fsp3) is 0.600. The number of hydrogen-bond donors (Lipinski definition) is 1. The van der Waals surface area contributed by atoms with Crippen molar-refractivity contribution in [2.24, 2.45) is 5.73 Å². The van der Waals surface area contributed by atoms with E-state index >= 15 is 0 Å². The van der Waals surface area contributed by atoms with E-state index < -0.39 is 6.04 Å². The number of amides is 1. The first-order valence-electron chi connectivity index (χ1n) is 7.36. The molecule has 0 saturated carbocycles. The highest BCUT2D eigenvalue weighted by atomic mass is 16.5. The van der Waals surface area contributed by atoms with Crippen molar-refractivity contribution in [3.8, 4) is 0 Å². The normalized spacial score (nSPS) is 17.7. The van der Waals surface area contributed by atoms with E-state index in [4.69, 9.17) is 10.5 Å². The second kappa shape index (κ2) is 8.07. The number of methoxy groups -OCH3 is 1. The molecular formula is C15H24N4O2. The van der Waals surface area contributed by atoms with Crippen LogP contribution in [0.25, 0.3) is 0 Å². The summed E-state index contributed by atoms with van der Waals surface area (Å²) in [6, 6.07) is 5.49. The van der Waals surface area contributed by atoms with Crippen LogP contribution in [0.5, 0.6) is 0 Å². The van der Waals surface area contributed by atoms with Crippen LogP contribution in [0.15, 0.2) is 24.4 Å². The smallest absolute Gasteiger partial charge is 0.239 e. The van der Waals surface area contributed by atoms with Crippen molar-refractivity contribution in [1.82, 2.24) is 14.8 Å². The van der Waals surface area contributed by atoms with Crippen molar-refractivity contribution in [2.45, 2.75) is 19.0 Å². The largest absolute Gasteiger partial charge is 0.385 e. The Balaban J connectivity index is 1.76. The maximum absolute atomic E-state index is 12.2. The standard InChI is InChI=1S/C15H24N4O2/c1-21-11-5-14(16)15(20)19-9-7-18(8-10-19)12-13-4-2-3-6-17-13/h2-4,6,14H,5,7-12,16H2,1H3.